The fraction of sp³-hybridized carbons (Fsp3) is 0. The summed E-state index contributed by atoms with van der Waals surface area (Å²) in [6.45, 7) is 0. The lowest BCUT2D eigenvalue weighted by atomic mass is 9.97. The third-order valence-electron chi connectivity index (χ3n) is 5.21. The van der Waals surface area contributed by atoms with Gasteiger partial charge < -0.3 is 0 Å². The van der Waals surface area contributed by atoms with Crippen molar-refractivity contribution in [1.29, 1.82) is 0 Å². The molecule has 0 aliphatic rings. The molecule has 0 atom stereocenters. The van der Waals surface area contributed by atoms with Gasteiger partial charge in [0.25, 0.3) is 5.91 Å². The number of rotatable bonds is 3. The quantitative estimate of drug-likeness (QED) is 0.238. The van der Waals surface area contributed by atoms with Crippen LogP contribution in [0.4, 0.5) is 0 Å². The normalized spacial score (nSPS) is 11.4. The maximum absolute atomic E-state index is 12.8. The Morgan fingerprint density at radius 3 is 1.90 bits per heavy atom. The molecule has 0 heterocycles. The van der Waals surface area contributed by atoms with E-state index in [0.717, 1.165) is 37.9 Å². The maximum Gasteiger partial charge on any atom is 0.271 e. The molecule has 5 rings (SSSR count). The largest absolute Gasteiger partial charge is 0.271 e. The molecule has 0 fully saturated rings. The Morgan fingerprint density at radius 2 is 1.21 bits per heavy atom. The van der Waals surface area contributed by atoms with Gasteiger partial charge in [-0.25, -0.2) is 5.43 Å². The summed E-state index contributed by atoms with van der Waals surface area (Å²) in [5.74, 6) is -0.220. The smallest absolute Gasteiger partial charge is 0.267 e. The summed E-state index contributed by atoms with van der Waals surface area (Å²) in [6.07, 6.45) is 1.74. The summed E-state index contributed by atoms with van der Waals surface area (Å²) in [4.78, 5) is 12.8. The fourth-order valence-corrected chi connectivity index (χ4v) is 3.83. The van der Waals surface area contributed by atoms with E-state index in [2.05, 4.69) is 40.9 Å². The molecule has 0 saturated heterocycles. The molecule has 0 spiro atoms. The molecule has 5 aromatic carbocycles. The van der Waals surface area contributed by atoms with Crippen molar-refractivity contribution in [3.05, 3.63) is 108 Å². The number of amides is 1. The van der Waals surface area contributed by atoms with Crippen LogP contribution >= 0.6 is 0 Å². The van der Waals surface area contributed by atoms with Crippen molar-refractivity contribution in [2.45, 2.75) is 0 Å². The fourth-order valence-electron chi connectivity index (χ4n) is 3.83. The number of benzene rings is 5. The van der Waals surface area contributed by atoms with E-state index < -0.39 is 0 Å². The highest BCUT2D eigenvalue weighted by Gasteiger charge is 2.09. The van der Waals surface area contributed by atoms with Crippen molar-refractivity contribution >= 4 is 44.4 Å². The van der Waals surface area contributed by atoms with Crippen LogP contribution in [0.2, 0.25) is 0 Å². The number of carbonyl (C=O) groups is 1. The predicted octanol–water partition coefficient (Wildman–Crippen LogP) is 5.91. The molecule has 1 amide bonds. The summed E-state index contributed by atoms with van der Waals surface area (Å²) in [7, 11) is 0. The minimum absolute atomic E-state index is 0.220. The Morgan fingerprint density at radius 1 is 0.655 bits per heavy atom. The van der Waals surface area contributed by atoms with Crippen LogP contribution < -0.4 is 5.43 Å². The van der Waals surface area contributed by atoms with Crippen molar-refractivity contribution in [2.24, 2.45) is 5.10 Å². The second kappa shape index (κ2) is 7.21. The number of nitrogens with one attached hydrogen (secondary N) is 1. The third kappa shape index (κ3) is 3.13. The molecule has 0 aliphatic heterocycles. The molecular weight excluding hydrogens is 356 g/mol. The first-order chi connectivity index (χ1) is 14.3. The van der Waals surface area contributed by atoms with Gasteiger partial charge >= 0.3 is 0 Å². The molecule has 3 nitrogen and oxygen atoms in total. The highest BCUT2D eigenvalue weighted by molar-refractivity contribution is 6.14. The van der Waals surface area contributed by atoms with E-state index in [-0.39, 0.29) is 5.91 Å². The molecule has 138 valence electrons. The topological polar surface area (TPSA) is 41.5 Å². The first-order valence-corrected chi connectivity index (χ1v) is 9.53. The number of nitrogens with zero attached hydrogens (tertiary/aromatic N) is 1. The molecule has 0 radical (unpaired) electrons. The third-order valence-corrected chi connectivity index (χ3v) is 5.21. The summed E-state index contributed by atoms with van der Waals surface area (Å²) in [5, 5.41) is 10.8. The standard InChI is InChI=1S/C26H18N2O/c29-26(24-15-7-11-18-8-1-4-12-21(18)24)28-27-17-25-22-13-5-2-9-19(22)16-20-10-3-6-14-23(20)25/h1-17H,(H,28,29)/b27-17-. The maximum atomic E-state index is 12.8. The van der Waals surface area contributed by atoms with E-state index in [4.69, 9.17) is 0 Å². The Bertz CT molecular complexity index is 1340. The highest BCUT2D eigenvalue weighted by Crippen LogP contribution is 2.27. The van der Waals surface area contributed by atoms with Crippen LogP contribution in [0.25, 0.3) is 32.3 Å². The van der Waals surface area contributed by atoms with Gasteiger partial charge in [-0.05, 0) is 44.5 Å². The number of fused-ring (bicyclic) bond motifs is 3. The Labute approximate surface area is 168 Å². The second-order valence-electron chi connectivity index (χ2n) is 6.96. The van der Waals surface area contributed by atoms with Crippen molar-refractivity contribution in [2.75, 3.05) is 0 Å². The van der Waals surface area contributed by atoms with Crippen LogP contribution in [0, 0.1) is 0 Å². The lowest BCUT2D eigenvalue weighted by molar-refractivity contribution is 0.0957. The minimum Gasteiger partial charge on any atom is -0.267 e. The summed E-state index contributed by atoms with van der Waals surface area (Å²) in [5.41, 5.74) is 4.31. The van der Waals surface area contributed by atoms with Crippen molar-refractivity contribution in [3.63, 3.8) is 0 Å². The van der Waals surface area contributed by atoms with Gasteiger partial charge in [0.05, 0.1) is 6.21 Å². The van der Waals surface area contributed by atoms with E-state index in [0.29, 0.717) is 5.56 Å². The zero-order valence-electron chi connectivity index (χ0n) is 15.7. The van der Waals surface area contributed by atoms with Gasteiger partial charge in [0.2, 0.25) is 0 Å². The van der Waals surface area contributed by atoms with Crippen LogP contribution in [0.1, 0.15) is 15.9 Å². The summed E-state index contributed by atoms with van der Waals surface area (Å²) >= 11 is 0. The van der Waals surface area contributed by atoms with E-state index in [1.54, 1.807) is 6.21 Å². The van der Waals surface area contributed by atoms with E-state index in [1.165, 1.54) is 0 Å². The number of hydrogen-bond donors (Lipinski definition) is 1. The van der Waals surface area contributed by atoms with Gasteiger partial charge in [0.1, 0.15) is 0 Å². The number of hydrogen-bond acceptors (Lipinski definition) is 2. The average molecular weight is 374 g/mol. The van der Waals surface area contributed by atoms with Gasteiger partial charge in [-0.3, -0.25) is 4.79 Å². The first-order valence-electron chi connectivity index (χ1n) is 9.53. The minimum atomic E-state index is -0.220. The molecule has 1 N–H and O–H groups in total. The van der Waals surface area contributed by atoms with Gasteiger partial charge in [-0.1, -0.05) is 84.9 Å². The zero-order chi connectivity index (χ0) is 19.6. The van der Waals surface area contributed by atoms with Crippen LogP contribution in [0.5, 0.6) is 0 Å². The van der Waals surface area contributed by atoms with E-state index in [9.17, 15) is 4.79 Å². The molecule has 3 heteroatoms. The average Bonchev–Trinajstić information content (AvgIpc) is 2.78. The molecule has 5 aromatic rings. The van der Waals surface area contributed by atoms with Gasteiger partial charge in [-0.15, -0.1) is 0 Å². The van der Waals surface area contributed by atoms with Crippen LogP contribution in [0.15, 0.2) is 102 Å². The Balaban J connectivity index is 1.53. The number of hydrazone groups is 1. The van der Waals surface area contributed by atoms with Gasteiger partial charge in [0.15, 0.2) is 0 Å². The van der Waals surface area contributed by atoms with Crippen molar-refractivity contribution in [3.8, 4) is 0 Å². The molecule has 0 aromatic heterocycles. The highest BCUT2D eigenvalue weighted by atomic mass is 16.2. The van der Waals surface area contributed by atoms with Gasteiger partial charge in [0, 0.05) is 11.1 Å². The monoisotopic (exact) mass is 374 g/mol. The molecule has 0 aliphatic carbocycles. The molecular formula is C26H18N2O. The van der Waals surface area contributed by atoms with Crippen LogP contribution in [0.3, 0.4) is 0 Å². The first kappa shape index (κ1) is 17.1. The van der Waals surface area contributed by atoms with Gasteiger partial charge in [-0.2, -0.15) is 5.10 Å². The van der Waals surface area contributed by atoms with Crippen molar-refractivity contribution in [1.82, 2.24) is 5.43 Å². The van der Waals surface area contributed by atoms with Crippen molar-refractivity contribution < 1.29 is 4.79 Å². The summed E-state index contributed by atoms with van der Waals surface area (Å²) in [6, 6.07) is 32.2. The molecule has 0 unspecified atom stereocenters. The molecule has 29 heavy (non-hydrogen) atoms. The number of carbonyl (C=O) groups excluding carboxylic acids is 1. The van der Waals surface area contributed by atoms with E-state index >= 15 is 0 Å². The van der Waals surface area contributed by atoms with Crippen LogP contribution in [-0.2, 0) is 0 Å². The molecule has 0 saturated carbocycles. The Hall–Kier alpha value is -3.98. The predicted molar refractivity (Wildman–Crippen MR) is 120 cm³/mol. The SMILES string of the molecule is O=C(N/N=C\c1c2ccccc2cc2ccccc12)c1cccc2ccccc12. The molecule has 0 bridgehead atoms. The lowest BCUT2D eigenvalue weighted by Gasteiger charge is -2.08. The Kier molecular flexibility index (Phi) is 4.26. The zero-order valence-corrected chi connectivity index (χ0v) is 15.7. The second-order valence-corrected chi connectivity index (χ2v) is 6.96. The van der Waals surface area contributed by atoms with Crippen LogP contribution in [-0.4, -0.2) is 12.1 Å². The van der Waals surface area contributed by atoms with E-state index in [1.807, 2.05) is 66.7 Å². The lowest BCUT2D eigenvalue weighted by Crippen LogP contribution is -2.18. The summed E-state index contributed by atoms with van der Waals surface area (Å²) < 4.78 is 0.